The minimum atomic E-state index is -0.141. The van der Waals surface area contributed by atoms with Crippen molar-refractivity contribution in [1.82, 2.24) is 18.7 Å². The number of pyridine rings is 1. The number of hydrogen-bond acceptors (Lipinski definition) is 3. The summed E-state index contributed by atoms with van der Waals surface area (Å²) in [7, 11) is 0. The molecule has 0 spiro atoms. The Hall–Kier alpha value is -6.52. The zero-order valence-corrected chi connectivity index (χ0v) is 33.2. The minimum absolute atomic E-state index is 0.0149. The van der Waals surface area contributed by atoms with Crippen molar-refractivity contribution in [1.29, 1.82) is 5.26 Å². The van der Waals surface area contributed by atoms with Gasteiger partial charge in [0.05, 0.1) is 22.7 Å². The van der Waals surface area contributed by atoms with Crippen LogP contribution in [0.25, 0.3) is 38.8 Å². The highest BCUT2D eigenvalue weighted by atomic mass is 16.5. The van der Waals surface area contributed by atoms with Crippen molar-refractivity contribution in [2.24, 2.45) is 0 Å². The Kier molecular flexibility index (Phi) is 7.50. The molecular weight excluding hydrogens is 699 g/mol. The second-order valence-corrected chi connectivity index (χ2v) is 17.4. The second-order valence-electron chi connectivity index (χ2n) is 17.4. The van der Waals surface area contributed by atoms with Gasteiger partial charge < -0.3 is 4.74 Å². The molecular formula is C51H44N5O+. The van der Waals surface area contributed by atoms with Crippen LogP contribution in [-0.2, 0) is 10.8 Å². The van der Waals surface area contributed by atoms with Crippen LogP contribution in [0.5, 0.6) is 11.5 Å². The maximum absolute atomic E-state index is 10.1. The topological polar surface area (TPSA) is 50.8 Å². The summed E-state index contributed by atoms with van der Waals surface area (Å²) in [6.07, 6.45) is 1.92. The average Bonchev–Trinajstić information content (AvgIpc) is 3.70. The van der Waals surface area contributed by atoms with Crippen molar-refractivity contribution in [3.05, 3.63) is 175 Å². The molecule has 6 aromatic carbocycles. The van der Waals surface area contributed by atoms with Gasteiger partial charge in [0.15, 0.2) is 18.0 Å². The van der Waals surface area contributed by atoms with Gasteiger partial charge in [0.1, 0.15) is 17.3 Å². The van der Waals surface area contributed by atoms with Gasteiger partial charge in [-0.25, -0.2) is 4.98 Å². The van der Waals surface area contributed by atoms with Gasteiger partial charge in [-0.3, -0.25) is 4.57 Å². The third-order valence-corrected chi connectivity index (χ3v) is 11.9. The molecule has 0 aliphatic carbocycles. The van der Waals surface area contributed by atoms with E-state index in [9.17, 15) is 5.26 Å². The zero-order chi connectivity index (χ0) is 39.3. The van der Waals surface area contributed by atoms with E-state index < -0.39 is 0 Å². The molecule has 2 aliphatic heterocycles. The summed E-state index contributed by atoms with van der Waals surface area (Å²) >= 11 is 0. The van der Waals surface area contributed by atoms with Gasteiger partial charge in [-0.1, -0.05) is 102 Å². The lowest BCUT2D eigenvalue weighted by Gasteiger charge is -2.40. The molecule has 0 bridgehead atoms. The molecule has 2 aromatic heterocycles. The maximum Gasteiger partial charge on any atom is 0.225 e. The first-order valence-electron chi connectivity index (χ1n) is 19.6. The molecule has 1 unspecified atom stereocenters. The maximum atomic E-state index is 10.1. The van der Waals surface area contributed by atoms with Crippen molar-refractivity contribution in [2.45, 2.75) is 52.4 Å². The Bertz CT molecular complexity index is 2960. The highest BCUT2D eigenvalue weighted by Crippen LogP contribution is 2.75. The van der Waals surface area contributed by atoms with Crippen molar-refractivity contribution >= 4 is 44.6 Å². The molecule has 0 saturated carbocycles. The lowest BCUT2D eigenvalue weighted by molar-refractivity contribution is 0.422. The second kappa shape index (κ2) is 12.2. The quantitative estimate of drug-likeness (QED) is 0.0968. The molecule has 0 radical (unpaired) electrons. The Morgan fingerprint density at radius 1 is 0.596 bits per heavy atom. The fourth-order valence-electron chi connectivity index (χ4n) is 8.83. The molecule has 6 nitrogen and oxygen atoms in total. The molecule has 2 atom stereocenters. The van der Waals surface area contributed by atoms with Crippen LogP contribution in [0.4, 0.5) is 22.7 Å². The summed E-state index contributed by atoms with van der Waals surface area (Å²) in [5.41, 5.74) is 11.7. The number of para-hydroxylation sites is 3. The lowest BCUT2D eigenvalue weighted by Crippen LogP contribution is -2.46. The van der Waals surface area contributed by atoms with Gasteiger partial charge in [-0.15, -0.1) is 0 Å². The molecule has 10 rings (SSSR count). The van der Waals surface area contributed by atoms with Gasteiger partial charge in [0.25, 0.3) is 0 Å². The SMILES string of the molecule is CC(C)(C)c1cc(Oc2ccc3c4ccccc4n(-c4cc(C(C)(C)C)ccn4)c3c2)cc([N+]23[CH-][N@+]2(c2ccc(C#N)c(-c4ccccc4)c2)c2ccccc23)c1. The van der Waals surface area contributed by atoms with Gasteiger partial charge in [0.2, 0.25) is 11.4 Å². The summed E-state index contributed by atoms with van der Waals surface area (Å²) in [6.45, 7) is 15.9. The molecule has 57 heavy (non-hydrogen) atoms. The predicted molar refractivity (Wildman–Crippen MR) is 233 cm³/mol. The Labute approximate surface area is 334 Å². The van der Waals surface area contributed by atoms with E-state index in [4.69, 9.17) is 9.72 Å². The van der Waals surface area contributed by atoms with Gasteiger partial charge in [-0.05, 0) is 70.0 Å². The number of quaternary nitrogens is 2. The van der Waals surface area contributed by atoms with Gasteiger partial charge in [-0.2, -0.15) is 14.4 Å². The average molecular weight is 743 g/mol. The molecule has 1 saturated heterocycles. The number of nitrogens with zero attached hydrogens (tertiary/aromatic N) is 5. The fraction of sp³-hybridized carbons (Fsp3) is 0.157. The summed E-state index contributed by atoms with van der Waals surface area (Å²) < 4.78 is 10.3. The predicted octanol–water partition coefficient (Wildman–Crippen LogP) is 13.4. The number of ether oxygens (including phenoxy) is 1. The standard InChI is InChI=1S/C51H44N5O/c1-50(2,3)36-24-25-53-49(28-36)54-45-17-11-10-16-42(45)43-23-22-40(31-46(43)54)57-41-27-37(51(4,5)6)26-39(29-41)56-33-55(56,47-18-12-13-19-48(47)56)38-21-20-35(32-52)44(30-38)34-14-8-7-9-15-34/h7-31,33H,1-6H3/q+1/t55-,56?/m0/s1. The van der Waals surface area contributed by atoms with E-state index in [0.717, 1.165) is 56.2 Å². The highest BCUT2D eigenvalue weighted by molar-refractivity contribution is 6.09. The minimum Gasteiger partial charge on any atom is -0.457 e. The highest BCUT2D eigenvalue weighted by Gasteiger charge is 2.78. The lowest BCUT2D eigenvalue weighted by atomic mass is 9.86. The first-order chi connectivity index (χ1) is 27.4. The van der Waals surface area contributed by atoms with Crippen LogP contribution in [0, 0.1) is 18.0 Å². The molecule has 278 valence electrons. The normalized spacial score (nSPS) is 18.4. The van der Waals surface area contributed by atoms with Crippen molar-refractivity contribution in [2.75, 3.05) is 0 Å². The van der Waals surface area contributed by atoms with E-state index in [-0.39, 0.29) is 10.8 Å². The van der Waals surface area contributed by atoms with E-state index in [1.165, 1.54) is 27.9 Å². The fourth-order valence-corrected chi connectivity index (χ4v) is 8.83. The van der Waals surface area contributed by atoms with E-state index in [2.05, 4.69) is 180 Å². The van der Waals surface area contributed by atoms with E-state index in [0.29, 0.717) is 14.7 Å². The molecule has 6 heteroatoms. The van der Waals surface area contributed by atoms with Crippen LogP contribution in [0.3, 0.4) is 0 Å². The van der Waals surface area contributed by atoms with E-state index in [1.807, 2.05) is 30.5 Å². The number of rotatable bonds is 6. The summed E-state index contributed by atoms with van der Waals surface area (Å²) in [5.74, 6) is 2.43. The summed E-state index contributed by atoms with van der Waals surface area (Å²) in [6, 6.07) is 53.6. The van der Waals surface area contributed by atoms with Crippen LogP contribution < -0.4 is 13.9 Å². The largest absolute Gasteiger partial charge is 0.457 e. The first kappa shape index (κ1) is 34.9. The number of aromatic nitrogens is 2. The van der Waals surface area contributed by atoms with Crippen molar-refractivity contribution < 1.29 is 4.74 Å². The van der Waals surface area contributed by atoms with Crippen LogP contribution in [-0.4, -0.2) is 9.55 Å². The Morgan fingerprint density at radius 3 is 2.02 bits per heavy atom. The molecule has 8 aromatic rings. The van der Waals surface area contributed by atoms with Gasteiger partial charge >= 0.3 is 0 Å². The molecule has 2 aliphatic rings. The van der Waals surface area contributed by atoms with E-state index >= 15 is 0 Å². The van der Waals surface area contributed by atoms with E-state index in [1.54, 1.807) is 0 Å². The Balaban J connectivity index is 1.11. The number of fused-ring (bicyclic) bond motifs is 7. The van der Waals surface area contributed by atoms with Crippen molar-refractivity contribution in [3.63, 3.8) is 0 Å². The monoisotopic (exact) mass is 742 g/mol. The van der Waals surface area contributed by atoms with Gasteiger partial charge in [0, 0.05) is 65.0 Å². The van der Waals surface area contributed by atoms with Crippen molar-refractivity contribution in [3.8, 4) is 34.5 Å². The molecule has 1 fully saturated rings. The number of benzene rings is 6. The Morgan fingerprint density at radius 2 is 1.28 bits per heavy atom. The zero-order valence-electron chi connectivity index (χ0n) is 33.2. The number of nitriles is 1. The van der Waals surface area contributed by atoms with Crippen LogP contribution in [0.2, 0.25) is 0 Å². The summed E-state index contributed by atoms with van der Waals surface area (Å²) in [4.78, 5) is 4.89. The smallest absolute Gasteiger partial charge is 0.225 e. The van der Waals surface area contributed by atoms with Crippen LogP contribution in [0.1, 0.15) is 58.2 Å². The first-order valence-corrected chi connectivity index (χ1v) is 19.6. The summed E-state index contributed by atoms with van der Waals surface area (Å²) in [5, 5.41) is 12.5. The van der Waals surface area contributed by atoms with Crippen LogP contribution in [0.15, 0.2) is 152 Å². The number of hydrogen-bond donors (Lipinski definition) is 0. The molecule has 0 amide bonds. The third kappa shape index (κ3) is 5.20. The third-order valence-electron chi connectivity index (χ3n) is 11.9. The molecule has 0 N–H and O–H groups in total. The molecule has 4 heterocycles. The van der Waals surface area contributed by atoms with Crippen LogP contribution >= 0.6 is 0 Å².